The molecule has 3 nitrogen and oxygen atoms in total. The molecular formula is C16H18ClNO2. The number of ether oxygens (including phenoxy) is 2. The first-order valence-electron chi connectivity index (χ1n) is 7.09. The van der Waals surface area contributed by atoms with E-state index in [1.165, 1.54) is 5.56 Å². The average Bonchev–Trinajstić information content (AvgIpc) is 2.92. The second-order valence-electron chi connectivity index (χ2n) is 5.73. The molecule has 2 aliphatic rings. The van der Waals surface area contributed by atoms with Gasteiger partial charge in [0, 0.05) is 29.7 Å². The smallest absolute Gasteiger partial charge is 0.168 e. The molecule has 0 unspecified atom stereocenters. The van der Waals surface area contributed by atoms with Gasteiger partial charge < -0.3 is 9.47 Å². The monoisotopic (exact) mass is 291 g/mol. The third kappa shape index (κ3) is 2.44. The summed E-state index contributed by atoms with van der Waals surface area (Å²) in [4.78, 5) is 0. The van der Waals surface area contributed by atoms with E-state index in [4.69, 9.17) is 21.1 Å². The first-order chi connectivity index (χ1) is 9.68. The third-order valence-corrected chi connectivity index (χ3v) is 4.91. The molecule has 0 N–H and O–H groups in total. The van der Waals surface area contributed by atoms with E-state index in [1.54, 1.807) is 0 Å². The standard InChI is InChI=1S/C16H18ClNO2/c17-14-3-1-13(2-4-14)15(9-10-18)5-7-16(8-6-15)19-11-12-20-16/h1-4H,5-9,11-12H2. The summed E-state index contributed by atoms with van der Waals surface area (Å²) >= 11 is 5.97. The lowest BCUT2D eigenvalue weighted by molar-refractivity contribution is -0.185. The van der Waals surface area contributed by atoms with Crippen molar-refractivity contribution in [2.75, 3.05) is 13.2 Å². The van der Waals surface area contributed by atoms with Crippen molar-refractivity contribution in [2.24, 2.45) is 0 Å². The predicted molar refractivity (Wildman–Crippen MR) is 76.5 cm³/mol. The van der Waals surface area contributed by atoms with E-state index < -0.39 is 0 Å². The Balaban J connectivity index is 1.83. The highest BCUT2D eigenvalue weighted by Gasteiger charge is 2.46. The SMILES string of the molecule is N#CCC1(c2ccc(Cl)cc2)CCC2(CC1)OCCO2. The Bertz CT molecular complexity index is 504. The summed E-state index contributed by atoms with van der Waals surface area (Å²) in [5.41, 5.74) is 1.12. The molecule has 4 heteroatoms. The fourth-order valence-electron chi connectivity index (χ4n) is 3.42. The second-order valence-corrected chi connectivity index (χ2v) is 6.17. The van der Waals surface area contributed by atoms with E-state index in [0.717, 1.165) is 30.7 Å². The van der Waals surface area contributed by atoms with Gasteiger partial charge in [0.15, 0.2) is 5.79 Å². The molecule has 1 saturated heterocycles. The zero-order chi connectivity index (χ0) is 14.1. The minimum atomic E-state index is -0.384. The van der Waals surface area contributed by atoms with Crippen LogP contribution in [0.1, 0.15) is 37.7 Å². The Hall–Kier alpha value is -1.08. The Labute approximate surface area is 124 Å². The Morgan fingerprint density at radius 2 is 1.65 bits per heavy atom. The van der Waals surface area contributed by atoms with Crippen molar-refractivity contribution < 1.29 is 9.47 Å². The van der Waals surface area contributed by atoms with Crippen molar-refractivity contribution in [1.29, 1.82) is 5.26 Å². The van der Waals surface area contributed by atoms with Crippen molar-refractivity contribution in [3.63, 3.8) is 0 Å². The Morgan fingerprint density at radius 3 is 2.20 bits per heavy atom. The van der Waals surface area contributed by atoms with Crippen molar-refractivity contribution >= 4 is 11.6 Å². The van der Waals surface area contributed by atoms with Crippen molar-refractivity contribution in [2.45, 2.75) is 43.3 Å². The number of hydrogen-bond donors (Lipinski definition) is 0. The number of hydrogen-bond acceptors (Lipinski definition) is 3. The van der Waals surface area contributed by atoms with Gasteiger partial charge in [-0.3, -0.25) is 0 Å². The van der Waals surface area contributed by atoms with Crippen LogP contribution in [-0.2, 0) is 14.9 Å². The normalized spacial score (nSPS) is 23.6. The molecule has 1 aromatic carbocycles. The van der Waals surface area contributed by atoms with Gasteiger partial charge in [-0.25, -0.2) is 0 Å². The van der Waals surface area contributed by atoms with Crippen LogP contribution in [0.15, 0.2) is 24.3 Å². The fourth-order valence-corrected chi connectivity index (χ4v) is 3.54. The summed E-state index contributed by atoms with van der Waals surface area (Å²) in [6.07, 6.45) is 4.09. The number of nitriles is 1. The molecule has 0 atom stereocenters. The summed E-state index contributed by atoms with van der Waals surface area (Å²) < 4.78 is 11.6. The van der Waals surface area contributed by atoms with Crippen LogP contribution in [0.25, 0.3) is 0 Å². The summed E-state index contributed by atoms with van der Waals surface area (Å²) in [5, 5.41) is 9.95. The first-order valence-corrected chi connectivity index (χ1v) is 7.47. The molecule has 0 bridgehead atoms. The zero-order valence-corrected chi connectivity index (χ0v) is 12.2. The number of rotatable bonds is 2. The molecule has 1 spiro atoms. The van der Waals surface area contributed by atoms with Gasteiger partial charge in [-0.15, -0.1) is 0 Å². The van der Waals surface area contributed by atoms with E-state index in [1.807, 2.05) is 24.3 Å². The number of nitrogens with zero attached hydrogens (tertiary/aromatic N) is 1. The van der Waals surface area contributed by atoms with Crippen LogP contribution < -0.4 is 0 Å². The lowest BCUT2D eigenvalue weighted by Crippen LogP contribution is -2.42. The minimum Gasteiger partial charge on any atom is -0.348 e. The number of halogens is 1. The third-order valence-electron chi connectivity index (χ3n) is 4.66. The molecular weight excluding hydrogens is 274 g/mol. The lowest BCUT2D eigenvalue weighted by Gasteiger charge is -2.43. The highest BCUT2D eigenvalue weighted by Crippen LogP contribution is 2.48. The van der Waals surface area contributed by atoms with Gasteiger partial charge in [0.25, 0.3) is 0 Å². The van der Waals surface area contributed by atoms with E-state index in [0.29, 0.717) is 19.6 Å². The summed E-state index contributed by atoms with van der Waals surface area (Å²) in [5.74, 6) is -0.384. The Morgan fingerprint density at radius 1 is 1.05 bits per heavy atom. The summed E-state index contributed by atoms with van der Waals surface area (Å²) in [6, 6.07) is 10.3. The average molecular weight is 292 g/mol. The minimum absolute atomic E-state index is 0.0834. The topological polar surface area (TPSA) is 42.2 Å². The molecule has 0 aromatic heterocycles. The highest BCUT2D eigenvalue weighted by molar-refractivity contribution is 6.30. The summed E-state index contributed by atoms with van der Waals surface area (Å²) in [6.45, 7) is 1.37. The van der Waals surface area contributed by atoms with Crippen LogP contribution in [0.5, 0.6) is 0 Å². The van der Waals surface area contributed by atoms with E-state index in [9.17, 15) is 5.26 Å². The van der Waals surface area contributed by atoms with Gasteiger partial charge in [-0.2, -0.15) is 5.26 Å². The maximum Gasteiger partial charge on any atom is 0.168 e. The summed E-state index contributed by atoms with van der Waals surface area (Å²) in [7, 11) is 0. The van der Waals surface area contributed by atoms with Gasteiger partial charge in [-0.1, -0.05) is 23.7 Å². The fraction of sp³-hybridized carbons (Fsp3) is 0.562. The first kappa shape index (κ1) is 13.9. The maximum absolute atomic E-state index is 9.22. The molecule has 0 amide bonds. The molecule has 1 saturated carbocycles. The number of benzene rings is 1. The molecule has 106 valence electrons. The molecule has 1 aliphatic heterocycles. The lowest BCUT2D eigenvalue weighted by atomic mass is 9.66. The van der Waals surface area contributed by atoms with Crippen molar-refractivity contribution in [1.82, 2.24) is 0 Å². The van der Waals surface area contributed by atoms with Crippen molar-refractivity contribution in [3.05, 3.63) is 34.9 Å². The van der Waals surface area contributed by atoms with Crippen molar-refractivity contribution in [3.8, 4) is 6.07 Å². The van der Waals surface area contributed by atoms with Crippen LogP contribution in [0, 0.1) is 11.3 Å². The highest BCUT2D eigenvalue weighted by atomic mass is 35.5. The largest absolute Gasteiger partial charge is 0.348 e. The molecule has 3 rings (SSSR count). The van der Waals surface area contributed by atoms with Gasteiger partial charge >= 0.3 is 0 Å². The van der Waals surface area contributed by atoms with Gasteiger partial charge in [0.2, 0.25) is 0 Å². The maximum atomic E-state index is 9.22. The predicted octanol–water partition coefficient (Wildman–Crippen LogP) is 3.81. The zero-order valence-electron chi connectivity index (χ0n) is 11.4. The Kier molecular flexibility index (Phi) is 3.72. The van der Waals surface area contributed by atoms with Crippen LogP contribution in [0.4, 0.5) is 0 Å². The van der Waals surface area contributed by atoms with Crippen LogP contribution >= 0.6 is 11.6 Å². The van der Waals surface area contributed by atoms with Crippen LogP contribution in [0.3, 0.4) is 0 Å². The molecule has 1 aromatic rings. The van der Waals surface area contributed by atoms with E-state index in [2.05, 4.69) is 6.07 Å². The molecule has 20 heavy (non-hydrogen) atoms. The van der Waals surface area contributed by atoms with E-state index >= 15 is 0 Å². The van der Waals surface area contributed by atoms with Gasteiger partial charge in [0.1, 0.15) is 0 Å². The van der Waals surface area contributed by atoms with Gasteiger partial charge in [-0.05, 0) is 30.5 Å². The molecule has 1 heterocycles. The van der Waals surface area contributed by atoms with E-state index in [-0.39, 0.29) is 11.2 Å². The van der Waals surface area contributed by atoms with Crippen LogP contribution in [0.2, 0.25) is 5.02 Å². The molecule has 0 radical (unpaired) electrons. The second kappa shape index (κ2) is 5.37. The molecule has 1 aliphatic carbocycles. The molecule has 2 fully saturated rings. The van der Waals surface area contributed by atoms with Crippen LogP contribution in [-0.4, -0.2) is 19.0 Å². The van der Waals surface area contributed by atoms with Gasteiger partial charge in [0.05, 0.1) is 19.3 Å². The quantitative estimate of drug-likeness (QED) is 0.832.